The molecule has 1 aromatic rings. The molecule has 0 N–H and O–H groups in total. The van der Waals surface area contributed by atoms with Crippen molar-refractivity contribution in [2.24, 2.45) is 11.3 Å². The maximum atomic E-state index is 13.2. The van der Waals surface area contributed by atoms with E-state index in [-0.39, 0.29) is 5.41 Å². The second kappa shape index (κ2) is 6.11. The quantitative estimate of drug-likeness (QED) is 0.824. The average Bonchev–Trinajstić information content (AvgIpc) is 3.19. The lowest BCUT2D eigenvalue weighted by atomic mass is 9.77. The van der Waals surface area contributed by atoms with Crippen molar-refractivity contribution in [3.63, 3.8) is 0 Å². The van der Waals surface area contributed by atoms with Crippen molar-refractivity contribution in [2.75, 3.05) is 26.2 Å². The van der Waals surface area contributed by atoms with Gasteiger partial charge in [0.2, 0.25) is 5.91 Å². The van der Waals surface area contributed by atoms with Crippen molar-refractivity contribution in [2.45, 2.75) is 63.8 Å². The molecule has 1 unspecified atom stereocenters. The van der Waals surface area contributed by atoms with Gasteiger partial charge in [-0.1, -0.05) is 11.6 Å². The van der Waals surface area contributed by atoms with Crippen LogP contribution in [0.5, 0.6) is 0 Å². The number of piperidine rings is 1. The minimum atomic E-state index is -0.120. The van der Waals surface area contributed by atoms with E-state index in [1.165, 1.54) is 38.5 Å². The molecule has 2 saturated carbocycles. The molecule has 0 radical (unpaired) electrons. The highest BCUT2D eigenvalue weighted by molar-refractivity contribution is 5.84. The fourth-order valence-corrected chi connectivity index (χ4v) is 4.98. The summed E-state index contributed by atoms with van der Waals surface area (Å²) in [5, 5.41) is 4.25. The SMILES string of the molecule is O=C1N(CC2CCC2)CCCC12CCN(Cc1cc(C3CC3)on1)C2. The van der Waals surface area contributed by atoms with Crippen LogP contribution in [0.2, 0.25) is 0 Å². The lowest BCUT2D eigenvalue weighted by molar-refractivity contribution is -0.146. The molecule has 5 rings (SSSR count). The van der Waals surface area contributed by atoms with Gasteiger partial charge in [-0.3, -0.25) is 9.69 Å². The molecule has 4 fully saturated rings. The van der Waals surface area contributed by atoms with E-state index in [9.17, 15) is 4.79 Å². The van der Waals surface area contributed by atoms with Gasteiger partial charge in [0.1, 0.15) is 5.76 Å². The number of hydrogen-bond donors (Lipinski definition) is 0. The Hall–Kier alpha value is -1.36. The van der Waals surface area contributed by atoms with Crippen LogP contribution in [-0.4, -0.2) is 47.0 Å². The molecule has 25 heavy (non-hydrogen) atoms. The highest BCUT2D eigenvalue weighted by atomic mass is 16.5. The van der Waals surface area contributed by atoms with Crippen LogP contribution in [0.3, 0.4) is 0 Å². The summed E-state index contributed by atoms with van der Waals surface area (Å²) in [6.07, 6.45) is 9.72. The van der Waals surface area contributed by atoms with Gasteiger partial charge in [0, 0.05) is 38.2 Å². The lowest BCUT2D eigenvalue weighted by Crippen LogP contribution is -2.51. The van der Waals surface area contributed by atoms with E-state index in [0.717, 1.165) is 62.9 Å². The first-order valence-corrected chi connectivity index (χ1v) is 10.2. The fourth-order valence-electron chi connectivity index (χ4n) is 4.98. The number of aromatic nitrogens is 1. The van der Waals surface area contributed by atoms with E-state index in [1.54, 1.807) is 0 Å². The van der Waals surface area contributed by atoms with Crippen LogP contribution < -0.4 is 0 Å². The van der Waals surface area contributed by atoms with Crippen molar-refractivity contribution in [1.82, 2.24) is 15.0 Å². The van der Waals surface area contributed by atoms with Crippen LogP contribution in [0.25, 0.3) is 0 Å². The zero-order valence-electron chi connectivity index (χ0n) is 15.1. The monoisotopic (exact) mass is 343 g/mol. The first-order chi connectivity index (χ1) is 12.2. The predicted octanol–water partition coefficient (Wildman–Crippen LogP) is 3.17. The van der Waals surface area contributed by atoms with Gasteiger partial charge in [-0.05, 0) is 57.4 Å². The van der Waals surface area contributed by atoms with Gasteiger partial charge in [-0.15, -0.1) is 0 Å². The molecule has 1 amide bonds. The summed E-state index contributed by atoms with van der Waals surface area (Å²) >= 11 is 0. The third kappa shape index (κ3) is 3.01. The number of nitrogens with zero attached hydrogens (tertiary/aromatic N) is 3. The molecule has 1 atom stereocenters. The Morgan fingerprint density at radius 1 is 1.16 bits per heavy atom. The first-order valence-electron chi connectivity index (χ1n) is 10.2. The molecule has 0 bridgehead atoms. The third-order valence-corrected chi connectivity index (χ3v) is 6.90. The summed E-state index contributed by atoms with van der Waals surface area (Å²) in [4.78, 5) is 17.8. The Morgan fingerprint density at radius 2 is 2.04 bits per heavy atom. The molecule has 4 aliphatic rings. The minimum Gasteiger partial charge on any atom is -0.361 e. The molecule has 0 aromatic carbocycles. The topological polar surface area (TPSA) is 49.6 Å². The number of likely N-dealkylation sites (tertiary alicyclic amines) is 2. The smallest absolute Gasteiger partial charge is 0.230 e. The van der Waals surface area contributed by atoms with Gasteiger partial charge in [0.05, 0.1) is 11.1 Å². The van der Waals surface area contributed by atoms with Crippen molar-refractivity contribution >= 4 is 5.91 Å². The van der Waals surface area contributed by atoms with E-state index in [0.29, 0.717) is 11.8 Å². The van der Waals surface area contributed by atoms with Crippen molar-refractivity contribution in [1.29, 1.82) is 0 Å². The van der Waals surface area contributed by atoms with Crippen LogP contribution in [0, 0.1) is 11.3 Å². The Morgan fingerprint density at radius 3 is 2.80 bits per heavy atom. The Bertz CT molecular complexity index is 649. The molecule has 2 saturated heterocycles. The molecular formula is C20H29N3O2. The molecule has 3 heterocycles. The average molecular weight is 343 g/mol. The van der Waals surface area contributed by atoms with E-state index < -0.39 is 0 Å². The number of carbonyl (C=O) groups excluding carboxylic acids is 1. The van der Waals surface area contributed by atoms with Crippen LogP contribution in [0.15, 0.2) is 10.6 Å². The summed E-state index contributed by atoms with van der Waals surface area (Å²) in [6.45, 7) is 4.72. The van der Waals surface area contributed by atoms with Crippen LogP contribution in [-0.2, 0) is 11.3 Å². The standard InChI is InChI=1S/C20H29N3O2/c24-19-20(7-2-9-23(19)12-15-3-1-4-15)8-10-22(14-20)13-17-11-18(25-21-17)16-5-6-16/h11,15-16H,1-10,12-14H2. The van der Waals surface area contributed by atoms with Gasteiger partial charge in [0.25, 0.3) is 0 Å². The number of amides is 1. The molecule has 1 aromatic heterocycles. The molecule has 136 valence electrons. The summed E-state index contributed by atoms with van der Waals surface area (Å²) in [6, 6.07) is 2.13. The molecule has 2 aliphatic carbocycles. The summed E-state index contributed by atoms with van der Waals surface area (Å²) in [5.74, 6) is 2.88. The lowest BCUT2D eigenvalue weighted by Gasteiger charge is -2.42. The van der Waals surface area contributed by atoms with Crippen LogP contribution >= 0.6 is 0 Å². The van der Waals surface area contributed by atoms with E-state index in [2.05, 4.69) is 21.0 Å². The number of carbonyl (C=O) groups is 1. The Labute approximate surface area is 149 Å². The molecule has 5 nitrogen and oxygen atoms in total. The van der Waals surface area contributed by atoms with Crippen LogP contribution in [0.4, 0.5) is 0 Å². The number of hydrogen-bond acceptors (Lipinski definition) is 4. The van der Waals surface area contributed by atoms with Gasteiger partial charge < -0.3 is 9.42 Å². The van der Waals surface area contributed by atoms with Crippen molar-refractivity contribution < 1.29 is 9.32 Å². The van der Waals surface area contributed by atoms with Gasteiger partial charge in [0.15, 0.2) is 0 Å². The maximum absolute atomic E-state index is 13.2. The molecule has 1 spiro atoms. The van der Waals surface area contributed by atoms with Crippen LogP contribution in [0.1, 0.15) is 68.7 Å². The van der Waals surface area contributed by atoms with E-state index in [1.807, 2.05) is 0 Å². The van der Waals surface area contributed by atoms with Gasteiger partial charge >= 0.3 is 0 Å². The highest BCUT2D eigenvalue weighted by Crippen LogP contribution is 2.42. The van der Waals surface area contributed by atoms with E-state index in [4.69, 9.17) is 4.52 Å². The predicted molar refractivity (Wildman–Crippen MR) is 94.0 cm³/mol. The summed E-state index contributed by atoms with van der Waals surface area (Å²) < 4.78 is 5.48. The fraction of sp³-hybridized carbons (Fsp3) is 0.800. The second-order valence-corrected chi connectivity index (χ2v) is 8.89. The molecular weight excluding hydrogens is 314 g/mol. The summed E-state index contributed by atoms with van der Waals surface area (Å²) in [5.41, 5.74) is 0.916. The molecule has 2 aliphatic heterocycles. The summed E-state index contributed by atoms with van der Waals surface area (Å²) in [7, 11) is 0. The van der Waals surface area contributed by atoms with Crippen molar-refractivity contribution in [3.8, 4) is 0 Å². The maximum Gasteiger partial charge on any atom is 0.230 e. The largest absolute Gasteiger partial charge is 0.361 e. The minimum absolute atomic E-state index is 0.120. The zero-order chi connectivity index (χ0) is 16.9. The normalized spacial score (nSPS) is 31.0. The first kappa shape index (κ1) is 15.9. The van der Waals surface area contributed by atoms with Crippen molar-refractivity contribution in [3.05, 3.63) is 17.5 Å². The second-order valence-electron chi connectivity index (χ2n) is 8.89. The number of rotatable bonds is 5. The Kier molecular flexibility index (Phi) is 3.88. The third-order valence-electron chi connectivity index (χ3n) is 6.90. The van der Waals surface area contributed by atoms with E-state index >= 15 is 0 Å². The zero-order valence-corrected chi connectivity index (χ0v) is 15.1. The highest BCUT2D eigenvalue weighted by Gasteiger charge is 2.48. The Balaban J connectivity index is 1.22. The van der Waals surface area contributed by atoms with Gasteiger partial charge in [-0.2, -0.15) is 0 Å². The van der Waals surface area contributed by atoms with Gasteiger partial charge in [-0.25, -0.2) is 0 Å². The molecule has 5 heteroatoms.